The number of unbranched alkanes of at least 4 members (excludes halogenated alkanes) is 3. The maximum absolute atomic E-state index is 13.7. The lowest BCUT2D eigenvalue weighted by Gasteiger charge is -2.40. The summed E-state index contributed by atoms with van der Waals surface area (Å²) in [4.78, 5) is 66.4. The minimum absolute atomic E-state index is 0.0256. The van der Waals surface area contributed by atoms with Crippen molar-refractivity contribution in [2.24, 2.45) is 5.73 Å². The highest BCUT2D eigenvalue weighted by Gasteiger charge is 2.46. The van der Waals surface area contributed by atoms with Crippen molar-refractivity contribution in [2.75, 3.05) is 79.4 Å². The summed E-state index contributed by atoms with van der Waals surface area (Å²) in [7, 11) is 1.61. The van der Waals surface area contributed by atoms with E-state index in [2.05, 4.69) is 21.3 Å². The molecule has 3 aliphatic heterocycles. The van der Waals surface area contributed by atoms with Gasteiger partial charge >= 0.3 is 0 Å². The number of aliphatic hydroxyl groups is 11. The average molecular weight is 1030 g/mol. The Morgan fingerprint density at radius 3 is 1.68 bits per heavy atom. The highest BCUT2D eigenvalue weighted by Crippen LogP contribution is 2.25. The Morgan fingerprint density at radius 1 is 0.592 bits per heavy atom. The maximum atomic E-state index is 13.7. The molecule has 28 nitrogen and oxygen atoms in total. The van der Waals surface area contributed by atoms with Crippen LogP contribution < -0.4 is 27.0 Å². The van der Waals surface area contributed by atoms with E-state index in [1.54, 1.807) is 7.05 Å². The third kappa shape index (κ3) is 20.0. The van der Waals surface area contributed by atoms with Gasteiger partial charge in [-0.1, -0.05) is 12.8 Å². The molecule has 3 rings (SSSR count). The molecule has 0 spiro atoms. The average Bonchev–Trinajstić information content (AvgIpc) is 3.34. The van der Waals surface area contributed by atoms with Gasteiger partial charge in [-0.25, -0.2) is 0 Å². The lowest BCUT2D eigenvalue weighted by Crippen LogP contribution is -2.60. The number of hydrogen-bond acceptors (Lipinski definition) is 25. The standard InChI is InChI=1S/C43H78N6O22/c1-22-31(56)35(60)38(63)41(69-22)67-15-13-47-29(54)17-49(16-28(53)46-12-7-3-4-9-25(52)32(57)24(45-2)8-5-6-11-44)18-30(55)48-23(21-68-43-40(65)37(62)34(59)27(20-51)71-43)10-14-66-42-39(64)36(61)33(58)26(19-50)70-42/h22-24,26-27,31,33-43,45,50-51,56,58-65H,3-21,44H2,1-2H3,(H,46,53)(H,47,54)(H,48,55)/t22-,23+,24-,26+,27+,31+,33+,34+,35+,36-,37-,38-,39-,40-,41+,42-,43-/m0/s1. The Hall–Kier alpha value is -3.05. The number of likely N-dealkylation sites (N-methyl/N-ethyl adjacent to an activating group) is 1. The van der Waals surface area contributed by atoms with Gasteiger partial charge < -0.3 is 112 Å². The van der Waals surface area contributed by atoms with E-state index in [0.29, 0.717) is 38.6 Å². The van der Waals surface area contributed by atoms with E-state index >= 15 is 0 Å². The third-order valence-corrected chi connectivity index (χ3v) is 12.2. The molecule has 0 bridgehead atoms. The van der Waals surface area contributed by atoms with E-state index < -0.39 is 173 Å². The van der Waals surface area contributed by atoms with Crippen LogP contribution in [0.2, 0.25) is 0 Å². The van der Waals surface area contributed by atoms with Gasteiger partial charge in [0.1, 0.15) is 67.1 Å². The normalized spacial score (nSPS) is 32.0. The quantitative estimate of drug-likeness (QED) is 0.0214. The highest BCUT2D eigenvalue weighted by atomic mass is 16.7. The summed E-state index contributed by atoms with van der Waals surface area (Å²) in [6.07, 6.45) is -19.9. The van der Waals surface area contributed by atoms with Gasteiger partial charge in [0.2, 0.25) is 23.5 Å². The van der Waals surface area contributed by atoms with E-state index in [1.165, 1.54) is 11.8 Å². The minimum Gasteiger partial charge on any atom is -0.394 e. The number of aliphatic hydroxyl groups excluding tert-OH is 11. The fourth-order valence-electron chi connectivity index (χ4n) is 7.86. The smallest absolute Gasteiger partial charge is 0.234 e. The number of nitrogens with zero attached hydrogens (tertiary/aromatic N) is 1. The topological polar surface area (TPSA) is 441 Å². The van der Waals surface area contributed by atoms with Crippen molar-refractivity contribution in [3.63, 3.8) is 0 Å². The zero-order valence-electron chi connectivity index (χ0n) is 40.2. The second-order valence-corrected chi connectivity index (χ2v) is 17.8. The SMILES string of the molecule is CN[C@@H](CCCCN)C(=O)C(=O)CCCCCNC(=O)CN(CC(=O)NCCO[C@@H]1O[C@@H](C)[C@@H](O)[C@@H](O)[C@@H]1O)CC(=O)N[C@H](CCO[C@H]1O[C@H](CO)[C@@H](O)[C@H](O)[C@@H]1O)CO[C@H]1O[C@H](CO)[C@@H](O)[C@H](O)[C@@H]1O. The molecule has 3 fully saturated rings. The molecule has 3 amide bonds. The number of rotatable bonds is 33. The molecular weight excluding hydrogens is 952 g/mol. The number of ether oxygens (including phenoxy) is 6. The van der Waals surface area contributed by atoms with Crippen molar-refractivity contribution < 1.29 is 109 Å². The summed E-state index contributed by atoms with van der Waals surface area (Å²) in [5, 5.41) is 122. The van der Waals surface area contributed by atoms with E-state index in [0.717, 1.165) is 6.42 Å². The van der Waals surface area contributed by atoms with Crippen LogP contribution in [-0.4, -0.2) is 274 Å². The van der Waals surface area contributed by atoms with E-state index in [-0.39, 0.29) is 39.1 Å². The maximum Gasteiger partial charge on any atom is 0.234 e. The molecule has 3 aliphatic rings. The lowest BCUT2D eigenvalue weighted by atomic mass is 9.99. The molecule has 0 saturated carbocycles. The number of carbonyl (C=O) groups is 5. The first-order valence-electron chi connectivity index (χ1n) is 23.9. The van der Waals surface area contributed by atoms with Crippen molar-refractivity contribution in [2.45, 2.75) is 162 Å². The highest BCUT2D eigenvalue weighted by molar-refractivity contribution is 6.39. The van der Waals surface area contributed by atoms with Crippen LogP contribution in [0.15, 0.2) is 0 Å². The molecule has 0 aromatic heterocycles. The van der Waals surface area contributed by atoms with E-state index in [4.69, 9.17) is 34.2 Å². The zero-order chi connectivity index (χ0) is 52.8. The van der Waals surface area contributed by atoms with Crippen LogP contribution in [0.4, 0.5) is 0 Å². The van der Waals surface area contributed by atoms with Crippen LogP contribution in [0.3, 0.4) is 0 Å². The molecule has 412 valence electrons. The fraction of sp³-hybridized carbons (Fsp3) is 0.884. The molecule has 0 aromatic carbocycles. The van der Waals surface area contributed by atoms with Gasteiger partial charge in [0, 0.05) is 19.5 Å². The Bertz CT molecular complexity index is 1610. The number of carbonyl (C=O) groups excluding carboxylic acids is 5. The molecule has 0 aliphatic carbocycles. The predicted octanol–water partition coefficient (Wildman–Crippen LogP) is -8.71. The van der Waals surface area contributed by atoms with Gasteiger partial charge in [-0.05, 0) is 52.6 Å². The van der Waals surface area contributed by atoms with Crippen molar-refractivity contribution in [3.8, 4) is 0 Å². The summed E-state index contributed by atoms with van der Waals surface area (Å²) in [6, 6.07) is -1.67. The van der Waals surface area contributed by atoms with Crippen LogP contribution >= 0.6 is 0 Å². The number of nitrogens with one attached hydrogen (secondary N) is 4. The number of amides is 3. The van der Waals surface area contributed by atoms with Gasteiger partial charge in [-0.3, -0.25) is 28.9 Å². The van der Waals surface area contributed by atoms with Crippen LogP contribution in [0, 0.1) is 0 Å². The van der Waals surface area contributed by atoms with Gasteiger partial charge in [0.25, 0.3) is 0 Å². The lowest BCUT2D eigenvalue weighted by molar-refractivity contribution is -0.304. The summed E-state index contributed by atoms with van der Waals surface area (Å²) in [5.74, 6) is -3.07. The molecule has 0 radical (unpaired) electrons. The number of ketones is 2. The van der Waals surface area contributed by atoms with Crippen LogP contribution in [0.5, 0.6) is 0 Å². The van der Waals surface area contributed by atoms with Gasteiger partial charge in [0.05, 0.1) is 70.9 Å². The molecule has 17 N–H and O–H groups in total. The number of Topliss-reactive ketones (excluding diaryl/α,β-unsaturated/α-hetero) is 2. The van der Waals surface area contributed by atoms with Crippen LogP contribution in [0.25, 0.3) is 0 Å². The summed E-state index contributed by atoms with van der Waals surface area (Å²) < 4.78 is 32.9. The number of hydrogen-bond donors (Lipinski definition) is 16. The summed E-state index contributed by atoms with van der Waals surface area (Å²) in [6.45, 7) is -2.25. The van der Waals surface area contributed by atoms with Crippen LogP contribution in [-0.2, 0) is 52.4 Å². The second kappa shape index (κ2) is 32.3. The Balaban J connectivity index is 1.66. The Kier molecular flexibility index (Phi) is 28.3. The van der Waals surface area contributed by atoms with Gasteiger partial charge in [0.15, 0.2) is 24.7 Å². The van der Waals surface area contributed by atoms with Crippen LogP contribution in [0.1, 0.15) is 58.3 Å². The summed E-state index contributed by atoms with van der Waals surface area (Å²) in [5.41, 5.74) is 5.52. The van der Waals surface area contributed by atoms with Crippen molar-refractivity contribution in [3.05, 3.63) is 0 Å². The molecule has 3 saturated heterocycles. The minimum atomic E-state index is -1.81. The Labute approximate surface area is 411 Å². The zero-order valence-corrected chi connectivity index (χ0v) is 40.2. The first-order valence-corrected chi connectivity index (χ1v) is 23.9. The molecule has 3 heterocycles. The van der Waals surface area contributed by atoms with E-state index in [1.807, 2.05) is 0 Å². The third-order valence-electron chi connectivity index (χ3n) is 12.2. The van der Waals surface area contributed by atoms with E-state index in [9.17, 15) is 80.1 Å². The van der Waals surface area contributed by atoms with Crippen molar-refractivity contribution in [1.29, 1.82) is 0 Å². The molecular formula is C43H78N6O22. The van der Waals surface area contributed by atoms with Crippen molar-refractivity contribution >= 4 is 29.3 Å². The molecule has 17 atom stereocenters. The fourth-order valence-corrected chi connectivity index (χ4v) is 7.86. The monoisotopic (exact) mass is 1030 g/mol. The largest absolute Gasteiger partial charge is 0.394 e. The Morgan fingerprint density at radius 2 is 1.11 bits per heavy atom. The number of nitrogens with two attached hydrogens (primary N) is 1. The molecule has 28 heteroatoms. The summed E-state index contributed by atoms with van der Waals surface area (Å²) >= 11 is 0. The first-order chi connectivity index (χ1) is 33.8. The van der Waals surface area contributed by atoms with Gasteiger partial charge in [-0.15, -0.1) is 0 Å². The molecule has 0 unspecified atom stereocenters. The molecule has 71 heavy (non-hydrogen) atoms. The van der Waals surface area contributed by atoms with Gasteiger partial charge in [-0.2, -0.15) is 0 Å². The van der Waals surface area contributed by atoms with Crippen molar-refractivity contribution in [1.82, 2.24) is 26.2 Å². The second-order valence-electron chi connectivity index (χ2n) is 17.8. The first kappa shape index (κ1) is 62.2. The molecule has 0 aromatic rings. The predicted molar refractivity (Wildman–Crippen MR) is 241 cm³/mol.